The molecule has 0 radical (unpaired) electrons. The highest BCUT2D eigenvalue weighted by molar-refractivity contribution is 6.34. The summed E-state index contributed by atoms with van der Waals surface area (Å²) >= 11 is 6.11. The summed E-state index contributed by atoms with van der Waals surface area (Å²) in [7, 11) is 0. The zero-order chi connectivity index (χ0) is 24.6. The normalized spacial score (nSPS) is 18.5. The van der Waals surface area contributed by atoms with Crippen LogP contribution in [0.15, 0.2) is 65.0 Å². The number of halogens is 4. The zero-order valence-corrected chi connectivity index (χ0v) is 19.5. The van der Waals surface area contributed by atoms with Crippen molar-refractivity contribution >= 4 is 29.0 Å². The van der Waals surface area contributed by atoms with Gasteiger partial charge in [0.05, 0.1) is 16.3 Å². The fraction of sp³-hybridized carbons (Fsp3) is 0.308. The van der Waals surface area contributed by atoms with Gasteiger partial charge in [0.25, 0.3) is 5.91 Å². The standard InChI is InChI=1S/C26H24ClF3N2O2/c1-3-15-7-9-16(10-8-15)23-22(14(2)31-19-5-4-6-21(33)24(19)23)25(34)32-20-13-17(26(28,29)30)11-12-18(20)27/h7-13,23,31H,3-6H2,1-2H3,(H,32,34)/t23-/m1/s1. The number of anilines is 1. The molecule has 1 heterocycles. The SMILES string of the molecule is CCc1ccc([C@@H]2C(C(=O)Nc3cc(C(F)(F)F)ccc3Cl)=C(C)NC3=C2C(=O)CCC3)cc1. The molecule has 2 aromatic carbocycles. The van der Waals surface area contributed by atoms with Crippen molar-refractivity contribution in [2.75, 3.05) is 5.32 Å². The number of hydrogen-bond donors (Lipinski definition) is 2. The van der Waals surface area contributed by atoms with E-state index in [1.165, 1.54) is 0 Å². The van der Waals surface area contributed by atoms with Crippen LogP contribution in [0.3, 0.4) is 0 Å². The molecule has 0 unspecified atom stereocenters. The molecular weight excluding hydrogens is 465 g/mol. The lowest BCUT2D eigenvalue weighted by molar-refractivity contribution is -0.137. The molecule has 1 aliphatic heterocycles. The quantitative estimate of drug-likeness (QED) is 0.514. The lowest BCUT2D eigenvalue weighted by atomic mass is 9.75. The highest BCUT2D eigenvalue weighted by Gasteiger charge is 2.39. The molecule has 0 fully saturated rings. The molecule has 0 saturated heterocycles. The zero-order valence-electron chi connectivity index (χ0n) is 18.8. The molecule has 0 saturated carbocycles. The van der Waals surface area contributed by atoms with Crippen LogP contribution in [0.2, 0.25) is 5.02 Å². The number of Topliss-reactive ketones (excluding diaryl/α,β-unsaturated/α-hetero) is 1. The first-order valence-electron chi connectivity index (χ1n) is 11.1. The van der Waals surface area contributed by atoms with Gasteiger partial charge in [-0.15, -0.1) is 0 Å². The van der Waals surface area contributed by atoms with Gasteiger partial charge >= 0.3 is 6.18 Å². The summed E-state index contributed by atoms with van der Waals surface area (Å²) in [6, 6.07) is 10.5. The molecule has 2 aromatic rings. The third kappa shape index (κ3) is 4.62. The molecule has 34 heavy (non-hydrogen) atoms. The van der Waals surface area contributed by atoms with Crippen molar-refractivity contribution in [3.05, 3.63) is 86.7 Å². The average molecular weight is 489 g/mol. The smallest absolute Gasteiger partial charge is 0.362 e. The van der Waals surface area contributed by atoms with Gasteiger partial charge in [-0.3, -0.25) is 9.59 Å². The molecule has 0 spiro atoms. The Hall–Kier alpha value is -3.06. The van der Waals surface area contributed by atoms with Crippen LogP contribution in [-0.4, -0.2) is 11.7 Å². The fourth-order valence-corrected chi connectivity index (χ4v) is 4.72. The van der Waals surface area contributed by atoms with Crippen LogP contribution in [-0.2, 0) is 22.2 Å². The fourth-order valence-electron chi connectivity index (χ4n) is 4.55. The van der Waals surface area contributed by atoms with Crippen molar-refractivity contribution in [3.63, 3.8) is 0 Å². The molecule has 1 aliphatic carbocycles. The molecular formula is C26H24ClF3N2O2. The first-order chi connectivity index (χ1) is 16.1. The van der Waals surface area contributed by atoms with Crippen molar-refractivity contribution < 1.29 is 22.8 Å². The summed E-state index contributed by atoms with van der Waals surface area (Å²) in [4.78, 5) is 26.5. The summed E-state index contributed by atoms with van der Waals surface area (Å²) in [6.07, 6.45) is -1.94. The van der Waals surface area contributed by atoms with Crippen molar-refractivity contribution in [2.45, 2.75) is 51.6 Å². The van der Waals surface area contributed by atoms with Gasteiger partial charge in [-0.25, -0.2) is 0 Å². The lowest BCUT2D eigenvalue weighted by Crippen LogP contribution is -2.35. The number of carbonyl (C=O) groups is 2. The molecule has 4 nitrogen and oxygen atoms in total. The van der Waals surface area contributed by atoms with Crippen molar-refractivity contribution in [1.29, 1.82) is 0 Å². The molecule has 2 aliphatic rings. The highest BCUT2D eigenvalue weighted by atomic mass is 35.5. The predicted molar refractivity (Wildman–Crippen MR) is 125 cm³/mol. The van der Waals surface area contributed by atoms with Gasteiger partial charge in [0, 0.05) is 34.9 Å². The largest absolute Gasteiger partial charge is 0.416 e. The van der Waals surface area contributed by atoms with E-state index in [2.05, 4.69) is 10.6 Å². The van der Waals surface area contributed by atoms with E-state index < -0.39 is 23.6 Å². The number of alkyl halides is 3. The van der Waals surface area contributed by atoms with Gasteiger partial charge < -0.3 is 10.6 Å². The van der Waals surface area contributed by atoms with E-state index in [0.717, 1.165) is 47.9 Å². The van der Waals surface area contributed by atoms with Crippen LogP contribution < -0.4 is 10.6 Å². The van der Waals surface area contributed by atoms with E-state index >= 15 is 0 Å². The monoisotopic (exact) mass is 488 g/mol. The van der Waals surface area contributed by atoms with Gasteiger partial charge in [0.15, 0.2) is 5.78 Å². The molecule has 0 aromatic heterocycles. The number of ketones is 1. The maximum Gasteiger partial charge on any atom is 0.416 e. The van der Waals surface area contributed by atoms with E-state index in [1.807, 2.05) is 31.2 Å². The Kier molecular flexibility index (Phi) is 6.58. The van der Waals surface area contributed by atoms with Gasteiger partial charge in [-0.1, -0.05) is 42.8 Å². The van der Waals surface area contributed by atoms with Crippen LogP contribution >= 0.6 is 11.6 Å². The summed E-state index contributed by atoms with van der Waals surface area (Å²) < 4.78 is 39.6. The second kappa shape index (κ2) is 9.29. The van der Waals surface area contributed by atoms with Crippen LogP contribution in [0, 0.1) is 0 Å². The van der Waals surface area contributed by atoms with Crippen molar-refractivity contribution in [1.82, 2.24) is 5.32 Å². The van der Waals surface area contributed by atoms with Crippen molar-refractivity contribution in [3.8, 4) is 0 Å². The number of benzene rings is 2. The number of hydrogen-bond acceptors (Lipinski definition) is 3. The topological polar surface area (TPSA) is 58.2 Å². The number of rotatable bonds is 4. The third-order valence-corrected chi connectivity index (χ3v) is 6.61. The lowest BCUT2D eigenvalue weighted by Gasteiger charge is -2.34. The van der Waals surface area contributed by atoms with Crippen LogP contribution in [0.4, 0.5) is 18.9 Å². The molecule has 178 valence electrons. The highest BCUT2D eigenvalue weighted by Crippen LogP contribution is 2.43. The van der Waals surface area contributed by atoms with Gasteiger partial charge in [0.2, 0.25) is 0 Å². The van der Waals surface area contributed by atoms with E-state index in [0.29, 0.717) is 24.1 Å². The summed E-state index contributed by atoms with van der Waals surface area (Å²) in [5.41, 5.74) is 3.01. The van der Waals surface area contributed by atoms with Crippen molar-refractivity contribution in [2.24, 2.45) is 0 Å². The van der Waals surface area contributed by atoms with Crippen LogP contribution in [0.1, 0.15) is 55.7 Å². The number of aryl methyl sites for hydroxylation is 1. The number of nitrogens with one attached hydrogen (secondary N) is 2. The first-order valence-corrected chi connectivity index (χ1v) is 11.5. The summed E-state index contributed by atoms with van der Waals surface area (Å²) in [5, 5.41) is 5.74. The average Bonchev–Trinajstić information content (AvgIpc) is 2.79. The third-order valence-electron chi connectivity index (χ3n) is 6.28. The number of carbonyl (C=O) groups excluding carboxylic acids is 2. The molecule has 4 rings (SSSR count). The number of allylic oxidation sites excluding steroid dienone is 3. The van der Waals surface area contributed by atoms with Crippen LogP contribution in [0.5, 0.6) is 0 Å². The minimum Gasteiger partial charge on any atom is -0.362 e. The Labute approximate surface area is 200 Å². The maximum absolute atomic E-state index is 13.5. The predicted octanol–water partition coefficient (Wildman–Crippen LogP) is 6.53. The second-order valence-electron chi connectivity index (χ2n) is 8.51. The summed E-state index contributed by atoms with van der Waals surface area (Å²) in [5.74, 6) is -1.27. The number of amides is 1. The van der Waals surface area contributed by atoms with Gasteiger partial charge in [0.1, 0.15) is 0 Å². The second-order valence-corrected chi connectivity index (χ2v) is 8.91. The Balaban J connectivity index is 1.77. The Morgan fingerprint density at radius 1 is 1.15 bits per heavy atom. The van der Waals surface area contributed by atoms with Gasteiger partial charge in [-0.05, 0) is 55.5 Å². The first kappa shape index (κ1) is 24.1. The molecule has 1 atom stereocenters. The molecule has 1 amide bonds. The summed E-state index contributed by atoms with van der Waals surface area (Å²) in [6.45, 7) is 3.77. The Morgan fingerprint density at radius 2 is 1.85 bits per heavy atom. The Morgan fingerprint density at radius 3 is 2.50 bits per heavy atom. The van der Waals surface area contributed by atoms with E-state index in [9.17, 15) is 22.8 Å². The van der Waals surface area contributed by atoms with Gasteiger partial charge in [-0.2, -0.15) is 13.2 Å². The Bertz CT molecular complexity index is 1210. The van der Waals surface area contributed by atoms with E-state index in [-0.39, 0.29) is 22.1 Å². The van der Waals surface area contributed by atoms with E-state index in [4.69, 9.17) is 11.6 Å². The maximum atomic E-state index is 13.5. The number of dihydropyridines is 1. The minimum atomic E-state index is -4.58. The van der Waals surface area contributed by atoms with Crippen LogP contribution in [0.25, 0.3) is 0 Å². The molecule has 8 heteroatoms. The minimum absolute atomic E-state index is 0.0131. The molecule has 2 N–H and O–H groups in total. The van der Waals surface area contributed by atoms with E-state index in [1.54, 1.807) is 6.92 Å². The molecule has 0 bridgehead atoms.